The Labute approximate surface area is 134 Å². The van der Waals surface area contributed by atoms with E-state index in [9.17, 15) is 9.59 Å². The van der Waals surface area contributed by atoms with Crippen molar-refractivity contribution in [2.24, 2.45) is 0 Å². The summed E-state index contributed by atoms with van der Waals surface area (Å²) >= 11 is 8.91. The van der Waals surface area contributed by atoms with Crippen molar-refractivity contribution in [3.05, 3.63) is 45.8 Å². The quantitative estimate of drug-likeness (QED) is 0.808. The van der Waals surface area contributed by atoms with E-state index in [-0.39, 0.29) is 5.69 Å². The number of carbonyl (C=O) groups excluding carboxylic acids is 2. The van der Waals surface area contributed by atoms with E-state index in [0.29, 0.717) is 10.8 Å². The normalized spacial score (nSPS) is 11.8. The van der Waals surface area contributed by atoms with Crippen LogP contribution < -0.4 is 5.32 Å². The molecule has 1 atom stereocenters. The standard InChI is InChI=1S/C13H11BrClN3O3/c1-7(21-13(20)10-4-8(14)5-16-10)12(19)18-11-3-2-9(15)6-17-11/h2-7,16H,1H3,(H,17,18,19). The maximum Gasteiger partial charge on any atom is 0.355 e. The summed E-state index contributed by atoms with van der Waals surface area (Å²) in [5, 5.41) is 2.99. The number of nitrogens with one attached hydrogen (secondary N) is 2. The summed E-state index contributed by atoms with van der Waals surface area (Å²) in [5.41, 5.74) is 0.256. The lowest BCUT2D eigenvalue weighted by molar-refractivity contribution is -0.123. The summed E-state index contributed by atoms with van der Waals surface area (Å²) < 4.78 is 5.77. The number of carbonyl (C=O) groups is 2. The maximum atomic E-state index is 11.9. The van der Waals surface area contributed by atoms with Crippen molar-refractivity contribution in [3.63, 3.8) is 0 Å². The number of rotatable bonds is 4. The average molecular weight is 373 g/mol. The minimum Gasteiger partial charge on any atom is -0.448 e. The number of halogens is 2. The molecule has 2 aromatic rings. The number of anilines is 1. The van der Waals surface area contributed by atoms with Crippen LogP contribution >= 0.6 is 27.5 Å². The fraction of sp³-hybridized carbons (Fsp3) is 0.154. The van der Waals surface area contributed by atoms with Gasteiger partial charge < -0.3 is 15.0 Å². The van der Waals surface area contributed by atoms with Gasteiger partial charge in [-0.1, -0.05) is 11.6 Å². The van der Waals surface area contributed by atoms with Crippen molar-refractivity contribution in [2.75, 3.05) is 5.32 Å². The Morgan fingerprint density at radius 2 is 2.24 bits per heavy atom. The highest BCUT2D eigenvalue weighted by Gasteiger charge is 2.20. The predicted molar refractivity (Wildman–Crippen MR) is 81.2 cm³/mol. The van der Waals surface area contributed by atoms with Crippen LogP contribution in [0.3, 0.4) is 0 Å². The van der Waals surface area contributed by atoms with Crippen molar-refractivity contribution >= 4 is 45.2 Å². The lowest BCUT2D eigenvalue weighted by Crippen LogP contribution is -2.30. The Bertz CT molecular complexity index is 657. The summed E-state index contributed by atoms with van der Waals surface area (Å²) in [6.45, 7) is 1.47. The molecule has 2 heterocycles. The average Bonchev–Trinajstić information content (AvgIpc) is 2.88. The predicted octanol–water partition coefficient (Wildman–Crippen LogP) is 3.01. The van der Waals surface area contributed by atoms with Crippen molar-refractivity contribution < 1.29 is 14.3 Å². The molecular formula is C13H11BrClN3O3. The summed E-state index contributed by atoms with van der Waals surface area (Å²) in [5.74, 6) is -0.772. The van der Waals surface area contributed by atoms with Crippen molar-refractivity contribution in [1.29, 1.82) is 0 Å². The number of nitrogens with zero attached hydrogens (tertiary/aromatic N) is 1. The third-order valence-corrected chi connectivity index (χ3v) is 3.18. The first-order valence-electron chi connectivity index (χ1n) is 5.93. The van der Waals surface area contributed by atoms with E-state index in [1.165, 1.54) is 13.1 Å². The Kier molecular flexibility index (Phi) is 4.98. The van der Waals surface area contributed by atoms with Gasteiger partial charge in [0.15, 0.2) is 6.10 Å². The van der Waals surface area contributed by atoms with E-state index in [2.05, 4.69) is 31.2 Å². The molecule has 0 aliphatic rings. The number of ether oxygens (including phenoxy) is 1. The first-order chi connectivity index (χ1) is 9.95. The molecule has 2 rings (SSSR count). The van der Waals surface area contributed by atoms with E-state index < -0.39 is 18.0 Å². The van der Waals surface area contributed by atoms with Crippen LogP contribution in [0.15, 0.2) is 35.1 Å². The lowest BCUT2D eigenvalue weighted by Gasteiger charge is -2.12. The van der Waals surface area contributed by atoms with Crippen LogP contribution in [0.5, 0.6) is 0 Å². The van der Waals surface area contributed by atoms with Gasteiger partial charge in [-0.15, -0.1) is 0 Å². The van der Waals surface area contributed by atoms with Crippen molar-refractivity contribution in [3.8, 4) is 0 Å². The summed E-state index contributed by atoms with van der Waals surface area (Å²) in [6.07, 6.45) is 2.04. The number of aromatic nitrogens is 2. The zero-order chi connectivity index (χ0) is 15.4. The molecular weight excluding hydrogens is 362 g/mol. The van der Waals surface area contributed by atoms with Crippen LogP contribution in [0.1, 0.15) is 17.4 Å². The highest BCUT2D eigenvalue weighted by Crippen LogP contribution is 2.13. The van der Waals surface area contributed by atoms with Gasteiger partial charge in [0.2, 0.25) is 0 Å². The van der Waals surface area contributed by atoms with Gasteiger partial charge >= 0.3 is 5.97 Å². The molecule has 0 saturated heterocycles. The van der Waals surface area contributed by atoms with Gasteiger partial charge in [0, 0.05) is 16.9 Å². The Morgan fingerprint density at radius 1 is 1.48 bits per heavy atom. The maximum absolute atomic E-state index is 11.9. The van der Waals surface area contributed by atoms with Crippen LogP contribution in [-0.2, 0) is 9.53 Å². The zero-order valence-electron chi connectivity index (χ0n) is 10.9. The second-order valence-electron chi connectivity index (χ2n) is 4.13. The minimum absolute atomic E-state index is 0.256. The molecule has 8 heteroatoms. The van der Waals surface area contributed by atoms with Gasteiger partial charge in [-0.2, -0.15) is 0 Å². The highest BCUT2D eigenvalue weighted by atomic mass is 79.9. The van der Waals surface area contributed by atoms with Crippen LogP contribution in [0, 0.1) is 0 Å². The van der Waals surface area contributed by atoms with Crippen LogP contribution in [0.2, 0.25) is 5.02 Å². The van der Waals surface area contributed by atoms with Crippen LogP contribution in [-0.4, -0.2) is 27.9 Å². The first-order valence-corrected chi connectivity index (χ1v) is 7.10. The van der Waals surface area contributed by atoms with Crippen molar-refractivity contribution in [2.45, 2.75) is 13.0 Å². The van der Waals surface area contributed by atoms with E-state index >= 15 is 0 Å². The van der Waals surface area contributed by atoms with E-state index in [0.717, 1.165) is 4.47 Å². The van der Waals surface area contributed by atoms with Gasteiger partial charge in [0.1, 0.15) is 11.5 Å². The zero-order valence-corrected chi connectivity index (χ0v) is 13.2. The molecule has 2 aromatic heterocycles. The molecule has 0 aliphatic carbocycles. The number of H-pyrrole nitrogens is 1. The van der Waals surface area contributed by atoms with Crippen molar-refractivity contribution in [1.82, 2.24) is 9.97 Å². The first kappa shape index (κ1) is 15.5. The molecule has 0 spiro atoms. The number of amides is 1. The molecule has 6 nitrogen and oxygen atoms in total. The number of hydrogen-bond donors (Lipinski definition) is 2. The minimum atomic E-state index is -0.961. The highest BCUT2D eigenvalue weighted by molar-refractivity contribution is 9.10. The molecule has 0 radical (unpaired) electrons. The Hall–Kier alpha value is -1.86. The van der Waals surface area contributed by atoms with E-state index in [1.807, 2.05) is 0 Å². The van der Waals surface area contributed by atoms with Gasteiger partial charge in [0.25, 0.3) is 5.91 Å². The largest absolute Gasteiger partial charge is 0.448 e. The third-order valence-electron chi connectivity index (χ3n) is 2.50. The molecule has 21 heavy (non-hydrogen) atoms. The lowest BCUT2D eigenvalue weighted by atomic mass is 10.3. The SMILES string of the molecule is CC(OC(=O)c1cc(Br)c[nH]1)C(=O)Nc1ccc(Cl)cn1. The number of pyridine rings is 1. The fourth-order valence-corrected chi connectivity index (χ4v) is 1.90. The van der Waals surface area contributed by atoms with Gasteiger partial charge in [0.05, 0.1) is 5.02 Å². The van der Waals surface area contributed by atoms with Crippen LogP contribution in [0.25, 0.3) is 0 Å². The Morgan fingerprint density at radius 3 is 2.81 bits per heavy atom. The van der Waals surface area contributed by atoms with Gasteiger partial charge in [-0.25, -0.2) is 9.78 Å². The third kappa shape index (κ3) is 4.30. The molecule has 0 aliphatic heterocycles. The van der Waals surface area contributed by atoms with Gasteiger partial charge in [-0.3, -0.25) is 4.79 Å². The Balaban J connectivity index is 1.93. The van der Waals surface area contributed by atoms with E-state index in [4.69, 9.17) is 16.3 Å². The summed E-state index contributed by atoms with van der Waals surface area (Å²) in [4.78, 5) is 30.3. The second-order valence-corrected chi connectivity index (χ2v) is 5.48. The molecule has 0 aromatic carbocycles. The number of hydrogen-bond acceptors (Lipinski definition) is 4. The molecule has 0 bridgehead atoms. The van der Waals surface area contributed by atoms with Crippen LogP contribution in [0.4, 0.5) is 5.82 Å². The molecule has 1 unspecified atom stereocenters. The molecule has 0 fully saturated rings. The summed E-state index contributed by atoms with van der Waals surface area (Å²) in [6, 6.07) is 4.71. The monoisotopic (exact) mass is 371 g/mol. The van der Waals surface area contributed by atoms with E-state index in [1.54, 1.807) is 24.4 Å². The van der Waals surface area contributed by atoms with Gasteiger partial charge in [-0.05, 0) is 41.1 Å². The number of aromatic amines is 1. The smallest absolute Gasteiger partial charge is 0.355 e. The topological polar surface area (TPSA) is 84.1 Å². The molecule has 2 N–H and O–H groups in total. The summed E-state index contributed by atoms with van der Waals surface area (Å²) in [7, 11) is 0. The molecule has 110 valence electrons. The molecule has 0 saturated carbocycles. The number of esters is 1. The second kappa shape index (κ2) is 6.73. The fourth-order valence-electron chi connectivity index (χ4n) is 1.44. The molecule has 1 amide bonds.